The topological polar surface area (TPSA) is 62.7 Å². The number of aromatic nitrogens is 3. The minimum Gasteiger partial charge on any atom is -0.354 e. The molecule has 6 aromatic rings. The van der Waals surface area contributed by atoms with Crippen LogP contribution in [0.4, 0.5) is 11.6 Å². The fraction of sp³-hybridized carbons (Fsp3) is 0.0513. The maximum absolute atomic E-state index is 4.92. The van der Waals surface area contributed by atoms with Crippen molar-refractivity contribution in [3.8, 4) is 45.0 Å². The number of benzene rings is 5. The van der Waals surface area contributed by atoms with E-state index in [1.165, 1.54) is 16.7 Å². The summed E-state index contributed by atoms with van der Waals surface area (Å²) in [6.07, 6.45) is 0. The van der Waals surface area contributed by atoms with Gasteiger partial charge in [-0.2, -0.15) is 9.97 Å². The van der Waals surface area contributed by atoms with E-state index in [0.29, 0.717) is 17.6 Å². The molecular formula is C39H31N5. The Bertz CT molecular complexity index is 2010. The van der Waals surface area contributed by atoms with Crippen LogP contribution < -0.4 is 10.6 Å². The highest BCUT2D eigenvalue weighted by molar-refractivity contribution is 5.75. The van der Waals surface area contributed by atoms with E-state index < -0.39 is 0 Å². The first-order valence-corrected chi connectivity index (χ1v) is 14.7. The van der Waals surface area contributed by atoms with Crippen molar-refractivity contribution < 1.29 is 0 Å². The minimum atomic E-state index is 0.498. The van der Waals surface area contributed by atoms with Gasteiger partial charge in [-0.15, -0.1) is 0 Å². The first-order valence-electron chi connectivity index (χ1n) is 14.7. The fourth-order valence-corrected chi connectivity index (χ4v) is 5.41. The highest BCUT2D eigenvalue weighted by Crippen LogP contribution is 2.37. The molecule has 7 rings (SSSR count). The van der Waals surface area contributed by atoms with Gasteiger partial charge in [-0.25, -0.2) is 4.98 Å². The number of allylic oxidation sites excluding steroid dienone is 2. The Labute approximate surface area is 257 Å². The van der Waals surface area contributed by atoms with Gasteiger partial charge in [0.15, 0.2) is 11.6 Å². The molecule has 0 amide bonds. The van der Waals surface area contributed by atoms with E-state index >= 15 is 0 Å². The Hall–Kier alpha value is -5.81. The molecule has 2 N–H and O–H groups in total. The molecule has 0 fully saturated rings. The van der Waals surface area contributed by atoms with Gasteiger partial charge >= 0.3 is 0 Å². The van der Waals surface area contributed by atoms with Crippen LogP contribution in [0, 0.1) is 0 Å². The van der Waals surface area contributed by atoms with Crippen molar-refractivity contribution in [2.24, 2.45) is 0 Å². The quantitative estimate of drug-likeness (QED) is 0.191. The Balaban J connectivity index is 1.21. The van der Waals surface area contributed by atoms with Crippen molar-refractivity contribution in [1.82, 2.24) is 15.0 Å². The van der Waals surface area contributed by atoms with E-state index in [-0.39, 0.29) is 0 Å². The predicted octanol–water partition coefficient (Wildman–Crippen LogP) is 9.63. The molecule has 44 heavy (non-hydrogen) atoms. The van der Waals surface area contributed by atoms with Crippen molar-refractivity contribution >= 4 is 11.6 Å². The van der Waals surface area contributed by atoms with E-state index in [0.717, 1.165) is 44.9 Å². The van der Waals surface area contributed by atoms with Crippen LogP contribution in [0.1, 0.15) is 13.8 Å². The van der Waals surface area contributed by atoms with Gasteiger partial charge in [-0.3, -0.25) is 0 Å². The SMILES string of the molecule is CC1=C(Nc2cccc(-c3ccccc3)c2)C(Nc2nc(-c3ccccc3)nc(-c3cccc(-c4ccccc4)c3)n2)=C1C. The van der Waals surface area contributed by atoms with Crippen molar-refractivity contribution in [2.75, 3.05) is 10.6 Å². The number of anilines is 2. The molecule has 0 saturated carbocycles. The van der Waals surface area contributed by atoms with Crippen molar-refractivity contribution in [3.63, 3.8) is 0 Å². The summed E-state index contributed by atoms with van der Waals surface area (Å²) >= 11 is 0. The zero-order valence-electron chi connectivity index (χ0n) is 24.6. The molecule has 1 aromatic heterocycles. The molecule has 212 valence electrons. The number of nitrogens with one attached hydrogen (secondary N) is 2. The van der Waals surface area contributed by atoms with Crippen LogP contribution in [0.15, 0.2) is 162 Å². The van der Waals surface area contributed by atoms with Crippen LogP contribution in [0.3, 0.4) is 0 Å². The molecule has 5 aromatic carbocycles. The Morgan fingerprint density at radius 2 is 0.841 bits per heavy atom. The van der Waals surface area contributed by atoms with Crippen LogP contribution >= 0.6 is 0 Å². The van der Waals surface area contributed by atoms with E-state index in [9.17, 15) is 0 Å². The first-order chi connectivity index (χ1) is 21.6. The molecule has 0 unspecified atom stereocenters. The monoisotopic (exact) mass is 569 g/mol. The summed E-state index contributed by atoms with van der Waals surface area (Å²) in [6, 6.07) is 47.6. The van der Waals surface area contributed by atoms with Crippen molar-refractivity contribution in [3.05, 3.63) is 162 Å². The summed E-state index contributed by atoms with van der Waals surface area (Å²) in [6.45, 7) is 4.25. The zero-order valence-corrected chi connectivity index (χ0v) is 24.6. The third-order valence-corrected chi connectivity index (χ3v) is 7.93. The highest BCUT2D eigenvalue weighted by atomic mass is 15.2. The molecule has 5 heteroatoms. The molecule has 1 aliphatic carbocycles. The molecule has 0 atom stereocenters. The standard InChI is InChI=1S/C39H31N5/c1-26-27(2)36(35(26)40-34-23-13-21-32(25-34)29-16-8-4-9-17-29)41-39-43-37(30-18-10-5-11-19-30)42-38(44-39)33-22-12-20-31(24-33)28-14-6-3-7-15-28/h3-25,40H,1-2H3,(H,41,42,43,44). The van der Waals surface area contributed by atoms with Gasteiger partial charge in [0.05, 0.1) is 11.4 Å². The summed E-state index contributed by atoms with van der Waals surface area (Å²) < 4.78 is 0. The van der Waals surface area contributed by atoms with E-state index in [4.69, 9.17) is 15.0 Å². The number of hydrogen-bond acceptors (Lipinski definition) is 5. The highest BCUT2D eigenvalue weighted by Gasteiger charge is 2.25. The molecule has 0 saturated heterocycles. The lowest BCUT2D eigenvalue weighted by atomic mass is 9.91. The molecule has 0 aliphatic heterocycles. The van der Waals surface area contributed by atoms with Gasteiger partial charge in [0.25, 0.3) is 0 Å². The summed E-state index contributed by atoms with van der Waals surface area (Å²) in [7, 11) is 0. The van der Waals surface area contributed by atoms with Gasteiger partial charge in [0.1, 0.15) is 0 Å². The van der Waals surface area contributed by atoms with Crippen molar-refractivity contribution in [1.29, 1.82) is 0 Å². The summed E-state index contributed by atoms with van der Waals surface area (Å²) in [5.74, 6) is 1.73. The Morgan fingerprint density at radius 3 is 1.45 bits per heavy atom. The van der Waals surface area contributed by atoms with Crippen molar-refractivity contribution in [2.45, 2.75) is 13.8 Å². The molecule has 1 aliphatic rings. The van der Waals surface area contributed by atoms with Crippen LogP contribution in [-0.4, -0.2) is 15.0 Å². The second-order valence-electron chi connectivity index (χ2n) is 10.8. The number of hydrogen-bond donors (Lipinski definition) is 2. The molecule has 1 heterocycles. The average Bonchev–Trinajstić information content (AvgIpc) is 3.11. The lowest BCUT2D eigenvalue weighted by Crippen LogP contribution is -2.22. The Morgan fingerprint density at radius 1 is 0.386 bits per heavy atom. The largest absolute Gasteiger partial charge is 0.354 e. The minimum absolute atomic E-state index is 0.498. The zero-order chi connectivity index (χ0) is 29.9. The second-order valence-corrected chi connectivity index (χ2v) is 10.8. The molecule has 0 spiro atoms. The Kier molecular flexibility index (Phi) is 7.27. The maximum Gasteiger partial charge on any atom is 0.231 e. The number of nitrogens with zero attached hydrogens (tertiary/aromatic N) is 3. The van der Waals surface area contributed by atoms with Gasteiger partial charge < -0.3 is 10.6 Å². The summed E-state index contributed by atoms with van der Waals surface area (Å²) in [5, 5.41) is 7.18. The third kappa shape index (κ3) is 5.51. The fourth-order valence-electron chi connectivity index (χ4n) is 5.41. The molecule has 5 nitrogen and oxygen atoms in total. The van der Waals surface area contributed by atoms with E-state index in [1.54, 1.807) is 0 Å². The summed E-state index contributed by atoms with van der Waals surface area (Å²) in [5.41, 5.74) is 11.9. The molecular weight excluding hydrogens is 538 g/mol. The normalized spacial score (nSPS) is 12.6. The van der Waals surface area contributed by atoms with E-state index in [2.05, 4.69) is 97.3 Å². The van der Waals surface area contributed by atoms with Crippen LogP contribution in [0.2, 0.25) is 0 Å². The van der Waals surface area contributed by atoms with Crippen LogP contribution in [0.5, 0.6) is 0 Å². The average molecular weight is 570 g/mol. The lowest BCUT2D eigenvalue weighted by Gasteiger charge is -2.29. The van der Waals surface area contributed by atoms with Gasteiger partial charge in [0.2, 0.25) is 5.95 Å². The smallest absolute Gasteiger partial charge is 0.231 e. The first kappa shape index (κ1) is 27.0. The van der Waals surface area contributed by atoms with Crippen LogP contribution in [-0.2, 0) is 0 Å². The summed E-state index contributed by atoms with van der Waals surface area (Å²) in [4.78, 5) is 14.7. The van der Waals surface area contributed by atoms with Gasteiger partial charge in [-0.1, -0.05) is 121 Å². The second kappa shape index (κ2) is 11.8. The van der Waals surface area contributed by atoms with Gasteiger partial charge in [0, 0.05) is 16.8 Å². The maximum atomic E-state index is 4.92. The predicted molar refractivity (Wildman–Crippen MR) is 181 cm³/mol. The van der Waals surface area contributed by atoms with E-state index in [1.807, 2.05) is 66.7 Å². The number of rotatable bonds is 8. The molecule has 0 radical (unpaired) electrons. The third-order valence-electron chi connectivity index (χ3n) is 7.93. The lowest BCUT2D eigenvalue weighted by molar-refractivity contribution is 1.03. The van der Waals surface area contributed by atoms with Gasteiger partial charge in [-0.05, 0) is 65.4 Å². The molecule has 0 bridgehead atoms. The van der Waals surface area contributed by atoms with Crippen LogP contribution in [0.25, 0.3) is 45.0 Å².